The number of hydrogen-bond donors (Lipinski definition) is 0. The molecule has 1 aromatic heterocycles. The van der Waals surface area contributed by atoms with Crippen molar-refractivity contribution >= 4 is 71.3 Å². The molecule has 2 nitrogen and oxygen atoms in total. The molecule has 0 aliphatic heterocycles. The highest BCUT2D eigenvalue weighted by molar-refractivity contribution is 6.22. The van der Waals surface area contributed by atoms with Crippen molar-refractivity contribution in [3.63, 3.8) is 0 Å². The Morgan fingerprint density at radius 3 is 1.53 bits per heavy atom. The number of furan rings is 1. The Morgan fingerprint density at radius 2 is 0.774 bits per heavy atom. The molecule has 0 atom stereocenters. The van der Waals surface area contributed by atoms with Crippen LogP contribution in [-0.2, 0) is 0 Å². The summed E-state index contributed by atoms with van der Waals surface area (Å²) in [5.74, 6) is 0. The van der Waals surface area contributed by atoms with E-state index in [-0.39, 0.29) is 0 Å². The highest BCUT2D eigenvalue weighted by Gasteiger charge is 2.18. The third-order valence-electron chi connectivity index (χ3n) is 12.4. The van der Waals surface area contributed by atoms with Gasteiger partial charge in [0.15, 0.2) is 0 Å². The first-order valence-corrected chi connectivity index (χ1v) is 21.2. The smallest absolute Gasteiger partial charge is 0.136 e. The lowest BCUT2D eigenvalue weighted by Gasteiger charge is -2.26. The van der Waals surface area contributed by atoms with Crippen LogP contribution in [0, 0.1) is 0 Å². The summed E-state index contributed by atoms with van der Waals surface area (Å²) in [4.78, 5) is 2.33. The summed E-state index contributed by atoms with van der Waals surface area (Å²) >= 11 is 0. The summed E-state index contributed by atoms with van der Waals surface area (Å²) in [6.07, 6.45) is 0. The first kappa shape index (κ1) is 35.7. The molecule has 0 saturated carbocycles. The van der Waals surface area contributed by atoms with Crippen LogP contribution >= 0.6 is 0 Å². The van der Waals surface area contributed by atoms with Crippen LogP contribution in [0.2, 0.25) is 0 Å². The Hall–Kier alpha value is -8.20. The maximum absolute atomic E-state index is 6.51. The van der Waals surface area contributed by atoms with Crippen molar-refractivity contribution in [2.75, 3.05) is 4.90 Å². The number of rotatable bonds is 7. The van der Waals surface area contributed by atoms with Crippen molar-refractivity contribution in [1.82, 2.24) is 0 Å². The number of para-hydroxylation sites is 2. The molecule has 290 valence electrons. The second-order valence-corrected chi connectivity index (χ2v) is 16.1. The number of benzene rings is 11. The minimum Gasteiger partial charge on any atom is -0.456 e. The van der Waals surface area contributed by atoms with Crippen molar-refractivity contribution in [3.8, 4) is 44.5 Å². The van der Waals surface area contributed by atoms with E-state index in [0.29, 0.717) is 0 Å². The Labute approximate surface area is 360 Å². The van der Waals surface area contributed by atoms with E-state index >= 15 is 0 Å². The molecule has 0 amide bonds. The normalized spacial score (nSPS) is 11.5. The fourth-order valence-electron chi connectivity index (χ4n) is 9.38. The summed E-state index contributed by atoms with van der Waals surface area (Å²) < 4.78 is 6.51. The lowest BCUT2D eigenvalue weighted by atomic mass is 9.91. The molecule has 1 heterocycles. The molecule has 0 saturated heterocycles. The molecule has 12 aromatic rings. The lowest BCUT2D eigenvalue weighted by Crippen LogP contribution is -2.09. The second kappa shape index (κ2) is 14.8. The van der Waals surface area contributed by atoms with Crippen LogP contribution < -0.4 is 4.90 Å². The van der Waals surface area contributed by atoms with E-state index in [1.165, 1.54) is 54.6 Å². The van der Waals surface area contributed by atoms with E-state index in [1.54, 1.807) is 0 Å². The quantitative estimate of drug-likeness (QED) is 0.150. The third-order valence-corrected chi connectivity index (χ3v) is 12.4. The monoisotopic (exact) mass is 789 g/mol. The van der Waals surface area contributed by atoms with Gasteiger partial charge in [0.05, 0.1) is 0 Å². The molecule has 0 fully saturated rings. The van der Waals surface area contributed by atoms with Gasteiger partial charge in [0.25, 0.3) is 0 Å². The average Bonchev–Trinajstić information content (AvgIpc) is 3.73. The molecule has 11 aromatic carbocycles. The fraction of sp³-hybridized carbons (Fsp3) is 0. The van der Waals surface area contributed by atoms with E-state index in [1.807, 2.05) is 6.07 Å². The minimum atomic E-state index is 0.899. The van der Waals surface area contributed by atoms with Gasteiger partial charge in [-0.15, -0.1) is 0 Å². The molecule has 0 aliphatic rings. The number of nitrogens with zero attached hydrogens (tertiary/aromatic N) is 1. The number of anilines is 3. The molecule has 2 heteroatoms. The van der Waals surface area contributed by atoms with Gasteiger partial charge in [-0.1, -0.05) is 170 Å². The van der Waals surface area contributed by atoms with Crippen LogP contribution in [0.4, 0.5) is 17.1 Å². The Morgan fingerprint density at radius 1 is 0.258 bits per heavy atom. The van der Waals surface area contributed by atoms with Crippen LogP contribution in [-0.4, -0.2) is 0 Å². The lowest BCUT2D eigenvalue weighted by molar-refractivity contribution is 0.669. The van der Waals surface area contributed by atoms with Gasteiger partial charge in [-0.2, -0.15) is 0 Å². The topological polar surface area (TPSA) is 16.4 Å². The van der Waals surface area contributed by atoms with E-state index in [9.17, 15) is 0 Å². The van der Waals surface area contributed by atoms with Crippen molar-refractivity contribution in [2.24, 2.45) is 0 Å². The molecule has 0 spiro atoms. The van der Waals surface area contributed by atoms with Crippen molar-refractivity contribution in [1.29, 1.82) is 0 Å². The summed E-state index contributed by atoms with van der Waals surface area (Å²) in [6, 6.07) is 85.4. The van der Waals surface area contributed by atoms with Crippen LogP contribution in [0.25, 0.3) is 98.8 Å². The molecule has 0 aliphatic carbocycles. The maximum atomic E-state index is 6.51. The standard InChI is InChI=1S/C60H39NO/c1-3-12-40(13-4-1)44-15-11-16-47(36-44)56-39-59-60(55-20-9-10-21-58(55)62-59)54-35-29-46(38-57(54)56)42-26-32-51(33-27-42)61(49-17-5-2-6-18-49)50-30-24-41(25-31-50)45-28-34-53-48(37-45)23-22-43-14-7-8-19-52(43)53/h1-39H. The molecule has 0 bridgehead atoms. The van der Waals surface area contributed by atoms with Crippen molar-refractivity contribution in [3.05, 3.63) is 237 Å². The molecule has 12 rings (SSSR count). The van der Waals surface area contributed by atoms with Crippen LogP contribution in [0.5, 0.6) is 0 Å². The van der Waals surface area contributed by atoms with E-state index in [2.05, 4.69) is 235 Å². The first-order chi connectivity index (χ1) is 30.7. The molecular formula is C60H39NO. The third kappa shape index (κ3) is 6.20. The SMILES string of the molecule is c1ccc(-c2cccc(-c3cc4oc5ccccc5c4c4ccc(-c5ccc(N(c6ccccc6)c6ccc(-c7ccc8c(ccc9ccccc98)c7)cc6)cc5)cc34)c2)cc1. The molecule has 0 radical (unpaired) electrons. The highest BCUT2D eigenvalue weighted by Crippen LogP contribution is 2.43. The summed E-state index contributed by atoms with van der Waals surface area (Å²) in [5, 5.41) is 9.75. The average molecular weight is 790 g/mol. The van der Waals surface area contributed by atoms with Gasteiger partial charge in [0.1, 0.15) is 11.2 Å². The predicted octanol–water partition coefficient (Wildman–Crippen LogP) is 17.2. The first-order valence-electron chi connectivity index (χ1n) is 21.2. The van der Waals surface area contributed by atoms with E-state index in [4.69, 9.17) is 4.42 Å². The second-order valence-electron chi connectivity index (χ2n) is 16.1. The van der Waals surface area contributed by atoms with Gasteiger partial charge in [0.2, 0.25) is 0 Å². The predicted molar refractivity (Wildman–Crippen MR) is 263 cm³/mol. The molecule has 62 heavy (non-hydrogen) atoms. The van der Waals surface area contributed by atoms with Gasteiger partial charge in [-0.3, -0.25) is 0 Å². The zero-order valence-corrected chi connectivity index (χ0v) is 33.9. The van der Waals surface area contributed by atoms with Gasteiger partial charge in [-0.05, 0) is 144 Å². The van der Waals surface area contributed by atoms with Gasteiger partial charge >= 0.3 is 0 Å². The zero-order chi connectivity index (χ0) is 41.0. The summed E-state index contributed by atoms with van der Waals surface area (Å²) in [5.41, 5.74) is 14.5. The fourth-order valence-corrected chi connectivity index (χ4v) is 9.38. The van der Waals surface area contributed by atoms with Crippen LogP contribution in [0.3, 0.4) is 0 Å². The van der Waals surface area contributed by atoms with Crippen LogP contribution in [0.15, 0.2) is 241 Å². The Balaban J connectivity index is 0.925. The summed E-state index contributed by atoms with van der Waals surface area (Å²) in [7, 11) is 0. The Bertz CT molecular complexity index is 3610. The zero-order valence-electron chi connectivity index (χ0n) is 33.9. The van der Waals surface area contributed by atoms with Crippen molar-refractivity contribution in [2.45, 2.75) is 0 Å². The summed E-state index contributed by atoms with van der Waals surface area (Å²) in [6.45, 7) is 0. The molecular weight excluding hydrogens is 751 g/mol. The van der Waals surface area contributed by atoms with Crippen LogP contribution in [0.1, 0.15) is 0 Å². The molecule has 0 N–H and O–H groups in total. The minimum absolute atomic E-state index is 0.899. The highest BCUT2D eigenvalue weighted by atomic mass is 16.3. The number of hydrogen-bond acceptors (Lipinski definition) is 2. The maximum Gasteiger partial charge on any atom is 0.136 e. The van der Waals surface area contributed by atoms with E-state index in [0.717, 1.165) is 61.3 Å². The largest absolute Gasteiger partial charge is 0.456 e. The van der Waals surface area contributed by atoms with E-state index < -0.39 is 0 Å². The molecule has 0 unspecified atom stereocenters. The van der Waals surface area contributed by atoms with Gasteiger partial charge < -0.3 is 9.32 Å². The van der Waals surface area contributed by atoms with Gasteiger partial charge in [0, 0.05) is 27.8 Å². The Kier molecular flexibility index (Phi) is 8.53. The van der Waals surface area contributed by atoms with Gasteiger partial charge in [-0.25, -0.2) is 0 Å². The number of fused-ring (bicyclic) bond motifs is 8. The van der Waals surface area contributed by atoms with Crippen molar-refractivity contribution < 1.29 is 4.42 Å².